The van der Waals surface area contributed by atoms with Crippen LogP contribution in [0, 0.1) is 0 Å². The largest absolute Gasteiger partial charge is 0.506 e. The van der Waals surface area contributed by atoms with Crippen LogP contribution < -0.4 is 5.32 Å². The van der Waals surface area contributed by atoms with Gasteiger partial charge in [-0.3, -0.25) is 4.79 Å². The highest BCUT2D eigenvalue weighted by Gasteiger charge is 2.19. The first-order chi connectivity index (χ1) is 9.47. The number of phenols is 1. The molecule has 5 nitrogen and oxygen atoms in total. The molecule has 1 fully saturated rings. The molecule has 7 heteroatoms. The monoisotopic (exact) mass is 317 g/mol. The lowest BCUT2D eigenvalue weighted by Gasteiger charge is -2.32. The molecule has 1 aliphatic heterocycles. The second-order valence-corrected chi connectivity index (χ2v) is 5.64. The summed E-state index contributed by atoms with van der Waals surface area (Å²) in [6.45, 7) is 3.33. The molecule has 1 aromatic rings. The number of benzene rings is 1. The summed E-state index contributed by atoms with van der Waals surface area (Å²) in [7, 11) is 2.04. The number of phenolic OH excluding ortho intramolecular Hbond substituents is 1. The first-order valence-corrected chi connectivity index (χ1v) is 7.11. The van der Waals surface area contributed by atoms with E-state index in [2.05, 4.69) is 10.2 Å². The molecule has 0 unspecified atom stereocenters. The number of likely N-dealkylation sites (N-methyl/N-ethyl adjacent to an activating group) is 1. The number of piperazine rings is 1. The maximum absolute atomic E-state index is 12.0. The Hall–Kier alpha value is -1.17. The minimum Gasteiger partial charge on any atom is -0.506 e. The van der Waals surface area contributed by atoms with Gasteiger partial charge < -0.3 is 20.2 Å². The van der Waals surface area contributed by atoms with E-state index >= 15 is 0 Å². The van der Waals surface area contributed by atoms with E-state index in [0.29, 0.717) is 10.7 Å². The molecule has 110 valence electrons. The van der Waals surface area contributed by atoms with Crippen molar-refractivity contribution < 1.29 is 9.90 Å². The molecule has 1 aliphatic rings. The molecule has 1 aromatic carbocycles. The van der Waals surface area contributed by atoms with E-state index in [4.69, 9.17) is 23.2 Å². The van der Waals surface area contributed by atoms with Gasteiger partial charge >= 0.3 is 0 Å². The number of rotatable bonds is 3. The number of hydrogen-bond donors (Lipinski definition) is 2. The van der Waals surface area contributed by atoms with Crippen LogP contribution in [-0.4, -0.2) is 60.6 Å². The topological polar surface area (TPSA) is 55.8 Å². The molecule has 1 heterocycles. The fourth-order valence-electron chi connectivity index (χ4n) is 2.02. The van der Waals surface area contributed by atoms with Gasteiger partial charge in [0.15, 0.2) is 0 Å². The number of nitrogens with zero attached hydrogens (tertiary/aromatic N) is 2. The second kappa shape index (κ2) is 6.52. The Morgan fingerprint density at radius 1 is 1.25 bits per heavy atom. The Morgan fingerprint density at radius 3 is 2.50 bits per heavy atom. The number of nitrogens with one attached hydrogen (secondary N) is 1. The van der Waals surface area contributed by atoms with Gasteiger partial charge in [-0.25, -0.2) is 0 Å². The molecule has 0 bridgehead atoms. The third-order valence-electron chi connectivity index (χ3n) is 3.32. The van der Waals surface area contributed by atoms with Crippen LogP contribution in [0.4, 0.5) is 5.69 Å². The highest BCUT2D eigenvalue weighted by molar-refractivity contribution is 6.42. The third-order valence-corrected chi connectivity index (χ3v) is 4.05. The summed E-state index contributed by atoms with van der Waals surface area (Å²) in [6.07, 6.45) is 0. The molecule has 1 amide bonds. The Kier molecular flexibility index (Phi) is 4.96. The predicted molar refractivity (Wildman–Crippen MR) is 80.7 cm³/mol. The van der Waals surface area contributed by atoms with Crippen molar-refractivity contribution in [1.82, 2.24) is 9.80 Å². The summed E-state index contributed by atoms with van der Waals surface area (Å²) >= 11 is 11.7. The van der Waals surface area contributed by atoms with Crippen LogP contribution in [0.15, 0.2) is 12.1 Å². The van der Waals surface area contributed by atoms with E-state index in [0.717, 1.165) is 26.2 Å². The van der Waals surface area contributed by atoms with E-state index in [-0.39, 0.29) is 23.2 Å². The van der Waals surface area contributed by atoms with Crippen LogP contribution in [0.3, 0.4) is 0 Å². The summed E-state index contributed by atoms with van der Waals surface area (Å²) in [6, 6.07) is 2.86. The van der Waals surface area contributed by atoms with E-state index in [1.807, 2.05) is 11.9 Å². The quantitative estimate of drug-likeness (QED) is 0.836. The zero-order valence-electron chi connectivity index (χ0n) is 11.2. The summed E-state index contributed by atoms with van der Waals surface area (Å²) < 4.78 is 0. The highest BCUT2D eigenvalue weighted by Crippen LogP contribution is 2.33. The second-order valence-electron chi connectivity index (χ2n) is 4.82. The molecule has 0 spiro atoms. The van der Waals surface area contributed by atoms with Crippen LogP contribution in [0.2, 0.25) is 10.0 Å². The van der Waals surface area contributed by atoms with Gasteiger partial charge in [0.1, 0.15) is 5.75 Å². The van der Waals surface area contributed by atoms with Crippen molar-refractivity contribution in [2.75, 3.05) is 45.1 Å². The van der Waals surface area contributed by atoms with Crippen molar-refractivity contribution in [3.63, 3.8) is 0 Å². The van der Waals surface area contributed by atoms with E-state index in [9.17, 15) is 9.90 Å². The molecule has 2 N–H and O–H groups in total. The molecule has 0 saturated carbocycles. The number of aromatic hydroxyl groups is 1. The van der Waals surface area contributed by atoms with E-state index in [1.54, 1.807) is 0 Å². The average Bonchev–Trinajstić information content (AvgIpc) is 2.42. The Morgan fingerprint density at radius 2 is 1.85 bits per heavy atom. The van der Waals surface area contributed by atoms with Gasteiger partial charge in [-0.1, -0.05) is 23.2 Å². The lowest BCUT2D eigenvalue weighted by molar-refractivity contribution is -0.130. The van der Waals surface area contributed by atoms with Crippen LogP contribution in [-0.2, 0) is 4.79 Å². The lowest BCUT2D eigenvalue weighted by atomic mass is 10.2. The molecular weight excluding hydrogens is 301 g/mol. The first-order valence-electron chi connectivity index (χ1n) is 6.35. The van der Waals surface area contributed by atoms with Crippen molar-refractivity contribution in [3.05, 3.63) is 22.2 Å². The molecule has 0 atom stereocenters. The van der Waals surface area contributed by atoms with Crippen molar-refractivity contribution in [2.24, 2.45) is 0 Å². The minimum absolute atomic E-state index is 0.00331. The fraction of sp³-hybridized carbons (Fsp3) is 0.462. The molecule has 0 aromatic heterocycles. The molecule has 0 aliphatic carbocycles. The normalized spacial score (nSPS) is 16.2. The van der Waals surface area contributed by atoms with Gasteiger partial charge in [0.05, 0.1) is 22.3 Å². The number of halogens is 2. The van der Waals surface area contributed by atoms with Gasteiger partial charge in [0.25, 0.3) is 0 Å². The number of carbonyl (C=O) groups excluding carboxylic acids is 1. The Labute approximate surface area is 128 Å². The van der Waals surface area contributed by atoms with Gasteiger partial charge in [-0.15, -0.1) is 0 Å². The molecule has 0 radical (unpaired) electrons. The molecule has 1 saturated heterocycles. The van der Waals surface area contributed by atoms with Crippen LogP contribution in [0.25, 0.3) is 0 Å². The predicted octanol–water partition coefficient (Wildman–Crippen LogP) is 1.88. The summed E-state index contributed by atoms with van der Waals surface area (Å²) in [4.78, 5) is 16.0. The van der Waals surface area contributed by atoms with Crippen LogP contribution in [0.1, 0.15) is 0 Å². The average molecular weight is 318 g/mol. The van der Waals surface area contributed by atoms with Gasteiger partial charge in [-0.2, -0.15) is 0 Å². The molecule has 2 rings (SSSR count). The molecular formula is C13H17Cl2N3O2. The van der Waals surface area contributed by atoms with Gasteiger partial charge in [0, 0.05) is 32.2 Å². The number of anilines is 1. The van der Waals surface area contributed by atoms with Gasteiger partial charge in [0.2, 0.25) is 5.91 Å². The van der Waals surface area contributed by atoms with Crippen molar-refractivity contribution in [2.45, 2.75) is 0 Å². The number of hydrogen-bond acceptors (Lipinski definition) is 4. The van der Waals surface area contributed by atoms with Crippen LogP contribution >= 0.6 is 23.2 Å². The van der Waals surface area contributed by atoms with Crippen molar-refractivity contribution in [3.8, 4) is 5.75 Å². The smallest absolute Gasteiger partial charge is 0.241 e. The maximum atomic E-state index is 12.0. The first kappa shape index (κ1) is 15.2. The summed E-state index contributed by atoms with van der Waals surface area (Å²) in [5, 5.41) is 13.2. The third kappa shape index (κ3) is 3.69. The number of carbonyl (C=O) groups is 1. The fourth-order valence-corrected chi connectivity index (χ4v) is 2.34. The lowest BCUT2D eigenvalue weighted by Crippen LogP contribution is -2.48. The van der Waals surface area contributed by atoms with Gasteiger partial charge in [-0.05, 0) is 13.1 Å². The van der Waals surface area contributed by atoms with Crippen LogP contribution in [0.5, 0.6) is 5.75 Å². The maximum Gasteiger partial charge on any atom is 0.241 e. The summed E-state index contributed by atoms with van der Waals surface area (Å²) in [5.41, 5.74) is 0.405. The molecule has 20 heavy (non-hydrogen) atoms. The highest BCUT2D eigenvalue weighted by atomic mass is 35.5. The zero-order valence-corrected chi connectivity index (χ0v) is 12.7. The van der Waals surface area contributed by atoms with Crippen molar-refractivity contribution >= 4 is 34.8 Å². The Bertz CT molecular complexity index is 503. The number of amides is 1. The SMILES string of the molecule is CN1CCN(C(=O)CNc2cc(Cl)c(Cl)cc2O)CC1. The van der Waals surface area contributed by atoms with E-state index in [1.165, 1.54) is 12.1 Å². The zero-order chi connectivity index (χ0) is 14.7. The van der Waals surface area contributed by atoms with E-state index < -0.39 is 0 Å². The van der Waals surface area contributed by atoms with Crippen molar-refractivity contribution in [1.29, 1.82) is 0 Å². The Balaban J connectivity index is 1.92. The minimum atomic E-state index is -0.0226. The standard InChI is InChI=1S/C13H17Cl2N3O2/c1-17-2-4-18(5-3-17)13(20)8-16-11-6-9(14)10(15)7-12(11)19/h6-7,16,19H,2-5,8H2,1H3. The summed E-state index contributed by atoms with van der Waals surface area (Å²) in [5.74, 6) is -0.0193.